The minimum atomic E-state index is -2.13. The summed E-state index contributed by atoms with van der Waals surface area (Å²) in [5.74, 6) is -1.04. The summed E-state index contributed by atoms with van der Waals surface area (Å²) in [5.41, 5.74) is 2.26. The molecular formula is C20H21N5O4S. The number of carbonyl (C=O) groups is 1. The quantitative estimate of drug-likeness (QED) is 0.579. The van der Waals surface area contributed by atoms with Gasteiger partial charge >= 0.3 is 5.97 Å². The molecule has 2 heterocycles. The fourth-order valence-electron chi connectivity index (χ4n) is 3.73. The van der Waals surface area contributed by atoms with E-state index < -0.39 is 17.2 Å². The molecule has 1 atom stereocenters. The highest BCUT2D eigenvalue weighted by atomic mass is 32.2. The summed E-state index contributed by atoms with van der Waals surface area (Å²) in [6, 6.07) is 10.1. The zero-order valence-corrected chi connectivity index (χ0v) is 16.9. The molecule has 1 aromatic carbocycles. The van der Waals surface area contributed by atoms with Gasteiger partial charge in [-0.15, -0.1) is 5.10 Å². The molecule has 4 rings (SSSR count). The Kier molecular flexibility index (Phi) is 5.86. The molecule has 9 nitrogen and oxygen atoms in total. The topological polar surface area (TPSA) is 121 Å². The molecule has 0 bridgehead atoms. The molecule has 0 radical (unpaired) electrons. The van der Waals surface area contributed by atoms with E-state index in [-0.39, 0.29) is 11.6 Å². The maximum Gasteiger partial charge on any atom is 0.335 e. The Morgan fingerprint density at radius 1 is 1.13 bits per heavy atom. The van der Waals surface area contributed by atoms with Gasteiger partial charge in [0.25, 0.3) is 11.3 Å². The number of benzene rings is 1. The molecule has 0 aliphatic heterocycles. The average molecular weight is 427 g/mol. The van der Waals surface area contributed by atoms with Crippen LogP contribution in [0.3, 0.4) is 0 Å². The Morgan fingerprint density at radius 2 is 1.93 bits per heavy atom. The summed E-state index contributed by atoms with van der Waals surface area (Å²) in [6.45, 7) is 0. The lowest BCUT2D eigenvalue weighted by atomic mass is 9.95. The fraction of sp³-hybridized carbons (Fsp3) is 0.300. The molecule has 3 aromatic rings. The first-order chi connectivity index (χ1) is 14.5. The Morgan fingerprint density at radius 3 is 2.67 bits per heavy atom. The molecule has 30 heavy (non-hydrogen) atoms. The van der Waals surface area contributed by atoms with Gasteiger partial charge in [0.05, 0.1) is 28.8 Å². The third-order valence-corrected chi connectivity index (χ3v) is 6.03. The average Bonchev–Trinajstić information content (AvgIpc) is 3.25. The van der Waals surface area contributed by atoms with E-state index in [2.05, 4.69) is 15.3 Å². The van der Waals surface area contributed by atoms with Crippen LogP contribution in [0.4, 0.5) is 5.69 Å². The zero-order valence-electron chi connectivity index (χ0n) is 16.1. The number of aromatic carboxylic acids is 1. The maximum atomic E-state index is 12.1. The second-order valence-corrected chi connectivity index (χ2v) is 8.01. The summed E-state index contributed by atoms with van der Waals surface area (Å²) in [7, 11) is 0. The Hall–Kier alpha value is -3.11. The van der Waals surface area contributed by atoms with E-state index in [4.69, 9.17) is 5.11 Å². The van der Waals surface area contributed by atoms with Crippen LogP contribution in [0.2, 0.25) is 0 Å². The summed E-state index contributed by atoms with van der Waals surface area (Å²) >= 11 is -2.13. The molecule has 156 valence electrons. The number of aromatic nitrogens is 4. The van der Waals surface area contributed by atoms with Gasteiger partial charge in [0.1, 0.15) is 5.69 Å². The van der Waals surface area contributed by atoms with Crippen LogP contribution in [-0.4, -0.2) is 45.9 Å². The Balaban J connectivity index is 1.64. The van der Waals surface area contributed by atoms with Crippen molar-refractivity contribution in [1.29, 1.82) is 0 Å². The van der Waals surface area contributed by atoms with Crippen LogP contribution < -0.4 is 4.31 Å². The van der Waals surface area contributed by atoms with Crippen LogP contribution in [0.1, 0.15) is 42.5 Å². The van der Waals surface area contributed by atoms with Crippen LogP contribution >= 0.6 is 0 Å². The molecule has 0 spiro atoms. The second kappa shape index (κ2) is 8.72. The number of carboxylic acids is 1. The normalized spacial score (nSPS) is 15.6. The minimum absolute atomic E-state index is 0.0223. The van der Waals surface area contributed by atoms with Gasteiger partial charge in [0.15, 0.2) is 0 Å². The summed E-state index contributed by atoms with van der Waals surface area (Å²) in [6.07, 6.45) is 8.08. The van der Waals surface area contributed by atoms with E-state index in [0.29, 0.717) is 22.8 Å². The van der Waals surface area contributed by atoms with Crippen molar-refractivity contribution >= 4 is 22.9 Å². The van der Waals surface area contributed by atoms with Crippen molar-refractivity contribution in [2.75, 3.05) is 4.31 Å². The number of hydrogen-bond donors (Lipinski definition) is 2. The Labute approximate surface area is 175 Å². The van der Waals surface area contributed by atoms with E-state index in [1.165, 1.54) is 23.0 Å². The smallest absolute Gasteiger partial charge is 0.335 e. The molecule has 10 heteroatoms. The van der Waals surface area contributed by atoms with E-state index in [9.17, 15) is 13.6 Å². The van der Waals surface area contributed by atoms with Gasteiger partial charge in [-0.1, -0.05) is 30.5 Å². The van der Waals surface area contributed by atoms with Crippen molar-refractivity contribution in [2.24, 2.45) is 0 Å². The molecule has 1 saturated carbocycles. The summed E-state index contributed by atoms with van der Waals surface area (Å²) in [4.78, 5) is 15.3. The maximum absolute atomic E-state index is 12.1. The first-order valence-electron chi connectivity index (χ1n) is 9.65. The van der Waals surface area contributed by atoms with Crippen LogP contribution in [0.5, 0.6) is 0 Å². The van der Waals surface area contributed by atoms with Crippen molar-refractivity contribution in [3.63, 3.8) is 0 Å². The van der Waals surface area contributed by atoms with Gasteiger partial charge in [-0.2, -0.15) is 0 Å². The van der Waals surface area contributed by atoms with E-state index in [0.717, 1.165) is 32.1 Å². The van der Waals surface area contributed by atoms with Crippen molar-refractivity contribution in [3.8, 4) is 17.1 Å². The SMILES string of the molecule is O=C(O)c1ccnc(-c2cn(-c3cccc(N(C4CCCCC4)S(=O)O)c3)nn2)c1. The van der Waals surface area contributed by atoms with Crippen molar-refractivity contribution in [3.05, 3.63) is 54.4 Å². The third kappa shape index (κ3) is 4.24. The van der Waals surface area contributed by atoms with Crippen LogP contribution in [-0.2, 0) is 11.3 Å². The predicted molar refractivity (Wildman–Crippen MR) is 112 cm³/mol. The van der Waals surface area contributed by atoms with Gasteiger partial charge in [0.2, 0.25) is 0 Å². The lowest BCUT2D eigenvalue weighted by Crippen LogP contribution is -2.38. The highest BCUT2D eigenvalue weighted by molar-refractivity contribution is 7.80. The number of anilines is 1. The lowest BCUT2D eigenvalue weighted by Gasteiger charge is -2.32. The van der Waals surface area contributed by atoms with Crippen LogP contribution in [0.25, 0.3) is 17.1 Å². The van der Waals surface area contributed by atoms with Crippen molar-refractivity contribution in [2.45, 2.75) is 38.1 Å². The molecule has 1 aliphatic rings. The Bertz CT molecular complexity index is 1080. The molecule has 0 saturated heterocycles. The number of hydrogen-bond acceptors (Lipinski definition) is 5. The number of carboxylic acid groups (broad SMARTS) is 1. The molecule has 1 unspecified atom stereocenters. The van der Waals surface area contributed by atoms with Crippen molar-refractivity contribution in [1.82, 2.24) is 20.0 Å². The van der Waals surface area contributed by atoms with Crippen LogP contribution in [0, 0.1) is 0 Å². The molecule has 2 aromatic heterocycles. The second-order valence-electron chi connectivity index (χ2n) is 7.15. The highest BCUT2D eigenvalue weighted by Gasteiger charge is 2.25. The van der Waals surface area contributed by atoms with Gasteiger partial charge in [-0.05, 0) is 43.2 Å². The van der Waals surface area contributed by atoms with Gasteiger partial charge in [-0.3, -0.25) is 13.8 Å². The first-order valence-corrected chi connectivity index (χ1v) is 10.7. The van der Waals surface area contributed by atoms with E-state index in [1.807, 2.05) is 12.1 Å². The lowest BCUT2D eigenvalue weighted by molar-refractivity contribution is 0.0696. The third-order valence-electron chi connectivity index (χ3n) is 5.19. The molecule has 1 fully saturated rings. The molecule has 1 aliphatic carbocycles. The van der Waals surface area contributed by atoms with Gasteiger partial charge in [-0.25, -0.2) is 13.7 Å². The van der Waals surface area contributed by atoms with E-state index >= 15 is 0 Å². The van der Waals surface area contributed by atoms with Gasteiger partial charge in [0, 0.05) is 12.2 Å². The standard InChI is InChI=1S/C20H21N5O4S/c26-20(27)14-9-10-21-18(11-14)19-13-24(23-22-19)16-7-4-8-17(12-16)25(30(28)29)15-5-2-1-3-6-15/h4,7-13,15H,1-3,5-6H2,(H,26,27)(H,28,29). The number of rotatable bonds is 6. The molecule has 2 N–H and O–H groups in total. The molecular weight excluding hydrogens is 406 g/mol. The zero-order chi connectivity index (χ0) is 21.1. The number of pyridine rings is 1. The fourth-order valence-corrected chi connectivity index (χ4v) is 4.49. The number of nitrogens with zero attached hydrogens (tertiary/aromatic N) is 5. The van der Waals surface area contributed by atoms with Gasteiger partial charge < -0.3 is 5.11 Å². The highest BCUT2D eigenvalue weighted by Crippen LogP contribution is 2.29. The monoisotopic (exact) mass is 427 g/mol. The molecule has 0 amide bonds. The predicted octanol–water partition coefficient (Wildman–Crippen LogP) is 3.30. The minimum Gasteiger partial charge on any atom is -0.478 e. The summed E-state index contributed by atoms with van der Waals surface area (Å²) < 4.78 is 25.1. The largest absolute Gasteiger partial charge is 0.478 e. The summed E-state index contributed by atoms with van der Waals surface area (Å²) in [5, 5.41) is 17.4. The van der Waals surface area contributed by atoms with E-state index in [1.54, 1.807) is 22.6 Å². The first kappa shape index (κ1) is 20.2. The van der Waals surface area contributed by atoms with Crippen molar-refractivity contribution < 1.29 is 18.7 Å². The van der Waals surface area contributed by atoms with Crippen LogP contribution in [0.15, 0.2) is 48.8 Å².